The number of rotatable bonds is 5. The zero-order valence-electron chi connectivity index (χ0n) is 11.5. The van der Waals surface area contributed by atoms with Crippen LogP contribution in [0.2, 0.25) is 0 Å². The van der Waals surface area contributed by atoms with Crippen LogP contribution in [0.1, 0.15) is 27.7 Å². The van der Waals surface area contributed by atoms with E-state index >= 15 is 0 Å². The van der Waals surface area contributed by atoms with Gasteiger partial charge >= 0.3 is 0 Å². The summed E-state index contributed by atoms with van der Waals surface area (Å²) in [5.74, 6) is 0. The summed E-state index contributed by atoms with van der Waals surface area (Å²) in [7, 11) is 0. The summed E-state index contributed by atoms with van der Waals surface area (Å²) in [6, 6.07) is 4.89. The van der Waals surface area contributed by atoms with Gasteiger partial charge in [0.25, 0.3) is 0 Å². The van der Waals surface area contributed by atoms with Gasteiger partial charge in [0.1, 0.15) is 5.52 Å². The molecule has 0 atom stereocenters. The largest absolute Gasteiger partial charge is 0.297 e. The van der Waals surface area contributed by atoms with E-state index in [1.54, 1.807) is 6.20 Å². The van der Waals surface area contributed by atoms with Gasteiger partial charge in [-0.1, -0.05) is 5.21 Å². The molecule has 0 aromatic carbocycles. The van der Waals surface area contributed by atoms with E-state index in [1.807, 2.05) is 16.8 Å². The molecule has 0 aliphatic heterocycles. The molecule has 2 aromatic rings. The van der Waals surface area contributed by atoms with Crippen molar-refractivity contribution in [3.63, 3.8) is 0 Å². The second-order valence-electron chi connectivity index (χ2n) is 5.08. The van der Waals surface area contributed by atoms with Gasteiger partial charge in [-0.05, 0) is 39.8 Å². The number of hydrogen-bond acceptors (Lipinski definition) is 4. The van der Waals surface area contributed by atoms with E-state index in [0.29, 0.717) is 12.1 Å². The Hall–Kier alpha value is -1.49. The Bertz CT molecular complexity index is 495. The van der Waals surface area contributed by atoms with Gasteiger partial charge in [0.15, 0.2) is 5.65 Å². The maximum Gasteiger partial charge on any atom is 0.178 e. The molecule has 0 spiro atoms. The molecule has 5 nitrogen and oxygen atoms in total. The van der Waals surface area contributed by atoms with E-state index in [0.717, 1.165) is 24.3 Å². The quantitative estimate of drug-likeness (QED) is 0.810. The van der Waals surface area contributed by atoms with Crippen LogP contribution in [-0.4, -0.2) is 43.5 Å². The van der Waals surface area contributed by atoms with Crippen molar-refractivity contribution in [3.05, 3.63) is 18.3 Å². The van der Waals surface area contributed by atoms with Crippen molar-refractivity contribution < 1.29 is 0 Å². The van der Waals surface area contributed by atoms with Crippen LogP contribution in [0.5, 0.6) is 0 Å². The third kappa shape index (κ3) is 2.67. The molecule has 2 rings (SSSR count). The lowest BCUT2D eigenvalue weighted by Crippen LogP contribution is -2.39. The van der Waals surface area contributed by atoms with Crippen molar-refractivity contribution in [2.45, 2.75) is 46.3 Å². The maximum atomic E-state index is 4.33. The molecule has 0 N–H and O–H groups in total. The van der Waals surface area contributed by atoms with E-state index in [1.165, 1.54) is 0 Å². The Balaban J connectivity index is 2.10. The summed E-state index contributed by atoms with van der Waals surface area (Å²) < 4.78 is 1.88. The predicted octanol–water partition coefficient (Wildman–Crippen LogP) is 1.95. The number of hydrogen-bond donors (Lipinski definition) is 0. The predicted molar refractivity (Wildman–Crippen MR) is 72.3 cm³/mol. The Morgan fingerprint density at radius 2 is 1.94 bits per heavy atom. The van der Waals surface area contributed by atoms with Crippen LogP contribution in [0.15, 0.2) is 18.3 Å². The second kappa shape index (κ2) is 5.44. The fraction of sp³-hybridized carbons (Fsp3) is 0.615. The number of aromatic nitrogens is 4. The summed E-state index contributed by atoms with van der Waals surface area (Å²) in [5, 5.41) is 8.28. The minimum absolute atomic E-state index is 0.535. The Labute approximate surface area is 108 Å². The lowest BCUT2D eigenvalue weighted by molar-refractivity contribution is 0.166. The first-order chi connectivity index (χ1) is 8.59. The highest BCUT2D eigenvalue weighted by Crippen LogP contribution is 2.08. The SMILES string of the molecule is CC(C)N(CCn1nnc2cccnc21)C(C)C. The summed E-state index contributed by atoms with van der Waals surface area (Å²) in [5.41, 5.74) is 1.73. The van der Waals surface area contributed by atoms with Crippen LogP contribution in [0, 0.1) is 0 Å². The third-order valence-electron chi connectivity index (χ3n) is 3.17. The zero-order chi connectivity index (χ0) is 13.1. The van der Waals surface area contributed by atoms with Crippen molar-refractivity contribution in [1.29, 1.82) is 0 Å². The fourth-order valence-corrected chi connectivity index (χ4v) is 2.28. The molecule has 98 valence electrons. The van der Waals surface area contributed by atoms with Crippen LogP contribution in [0.25, 0.3) is 11.2 Å². The standard InChI is InChI=1S/C13H21N5/c1-10(2)17(11(3)4)8-9-18-13-12(15-16-18)6-5-7-14-13/h5-7,10-11H,8-9H2,1-4H3. The lowest BCUT2D eigenvalue weighted by Gasteiger charge is -2.30. The minimum atomic E-state index is 0.535. The highest BCUT2D eigenvalue weighted by molar-refractivity contribution is 5.68. The molecule has 0 aliphatic carbocycles. The van der Waals surface area contributed by atoms with Crippen LogP contribution in [-0.2, 0) is 6.54 Å². The van der Waals surface area contributed by atoms with Gasteiger partial charge in [-0.15, -0.1) is 5.10 Å². The van der Waals surface area contributed by atoms with E-state index in [-0.39, 0.29) is 0 Å². The first-order valence-corrected chi connectivity index (χ1v) is 6.49. The van der Waals surface area contributed by atoms with Crippen molar-refractivity contribution in [2.75, 3.05) is 6.54 Å². The average Bonchev–Trinajstić information content (AvgIpc) is 2.72. The topological polar surface area (TPSA) is 46.8 Å². The lowest BCUT2D eigenvalue weighted by atomic mass is 10.2. The van der Waals surface area contributed by atoms with Crippen molar-refractivity contribution in [1.82, 2.24) is 24.9 Å². The fourth-order valence-electron chi connectivity index (χ4n) is 2.28. The normalized spacial score (nSPS) is 12.2. The second-order valence-corrected chi connectivity index (χ2v) is 5.08. The summed E-state index contributed by atoms with van der Waals surface area (Å²) in [6.07, 6.45) is 1.78. The molecule has 0 unspecified atom stereocenters. The summed E-state index contributed by atoms with van der Waals surface area (Å²) in [6.45, 7) is 10.7. The molecular weight excluding hydrogens is 226 g/mol. The van der Waals surface area contributed by atoms with Crippen LogP contribution >= 0.6 is 0 Å². The molecule has 2 aromatic heterocycles. The average molecular weight is 247 g/mol. The zero-order valence-corrected chi connectivity index (χ0v) is 11.5. The van der Waals surface area contributed by atoms with Gasteiger partial charge in [-0.3, -0.25) is 4.90 Å². The smallest absolute Gasteiger partial charge is 0.178 e. The monoisotopic (exact) mass is 247 g/mol. The van der Waals surface area contributed by atoms with Crippen LogP contribution in [0.3, 0.4) is 0 Å². The van der Waals surface area contributed by atoms with Crippen molar-refractivity contribution in [3.8, 4) is 0 Å². The molecule has 2 heterocycles. The molecule has 5 heteroatoms. The molecule has 0 aliphatic rings. The molecule has 0 radical (unpaired) electrons. The third-order valence-corrected chi connectivity index (χ3v) is 3.17. The molecule has 0 fully saturated rings. The van der Waals surface area contributed by atoms with Gasteiger partial charge in [-0.2, -0.15) is 0 Å². The van der Waals surface area contributed by atoms with E-state index in [2.05, 4.69) is 47.9 Å². The maximum absolute atomic E-state index is 4.33. The Kier molecular flexibility index (Phi) is 3.91. The molecular formula is C13H21N5. The van der Waals surface area contributed by atoms with Gasteiger partial charge < -0.3 is 0 Å². The number of pyridine rings is 1. The van der Waals surface area contributed by atoms with Gasteiger partial charge in [0.05, 0.1) is 6.54 Å². The molecule has 0 saturated carbocycles. The van der Waals surface area contributed by atoms with Gasteiger partial charge in [0, 0.05) is 24.8 Å². The summed E-state index contributed by atoms with van der Waals surface area (Å²) >= 11 is 0. The van der Waals surface area contributed by atoms with Crippen molar-refractivity contribution >= 4 is 11.2 Å². The highest BCUT2D eigenvalue weighted by Gasteiger charge is 2.14. The van der Waals surface area contributed by atoms with Crippen molar-refractivity contribution in [2.24, 2.45) is 0 Å². The molecule has 18 heavy (non-hydrogen) atoms. The van der Waals surface area contributed by atoms with E-state index < -0.39 is 0 Å². The first-order valence-electron chi connectivity index (χ1n) is 6.49. The van der Waals surface area contributed by atoms with Crippen LogP contribution < -0.4 is 0 Å². The summed E-state index contributed by atoms with van der Waals surface area (Å²) in [4.78, 5) is 6.77. The number of nitrogens with zero attached hydrogens (tertiary/aromatic N) is 5. The first kappa shape index (κ1) is 13.0. The Morgan fingerprint density at radius 3 is 2.61 bits per heavy atom. The van der Waals surface area contributed by atoms with Gasteiger partial charge in [-0.25, -0.2) is 9.67 Å². The van der Waals surface area contributed by atoms with E-state index in [4.69, 9.17) is 0 Å². The minimum Gasteiger partial charge on any atom is -0.297 e. The highest BCUT2D eigenvalue weighted by atomic mass is 15.4. The molecule has 0 bridgehead atoms. The number of fused-ring (bicyclic) bond motifs is 1. The van der Waals surface area contributed by atoms with E-state index in [9.17, 15) is 0 Å². The van der Waals surface area contributed by atoms with Gasteiger partial charge in [0.2, 0.25) is 0 Å². The Morgan fingerprint density at radius 1 is 1.22 bits per heavy atom. The molecule has 0 saturated heterocycles. The molecule has 0 amide bonds. The van der Waals surface area contributed by atoms with Crippen LogP contribution in [0.4, 0.5) is 0 Å².